The van der Waals surface area contributed by atoms with Crippen molar-refractivity contribution >= 4 is 27.8 Å². The highest BCUT2D eigenvalue weighted by Gasteiger charge is 2.28. The van der Waals surface area contributed by atoms with Gasteiger partial charge in [0.15, 0.2) is 5.82 Å². The Balaban J connectivity index is 1.41. The number of aromatic nitrogens is 4. The molecule has 0 bridgehead atoms. The molecule has 1 aromatic carbocycles. The number of hydrogen-bond acceptors (Lipinski definition) is 6. The standard InChI is InChI=1S/C23H23FN8/c1-15-13-30(21-5-3-17(11-25)32-23(21)19(24)12-27-32)14-22-18-4-2-16(10-20(18)28-31(15)22)29-8-6-26-7-9-29/h2-5,10,12,15,26H,6-9,13-14H2,1H3/t15-/m1/s1. The van der Waals surface area contributed by atoms with E-state index in [1.807, 2.05) is 6.07 Å². The molecule has 6 rings (SSSR count). The molecule has 3 aromatic heterocycles. The van der Waals surface area contributed by atoms with E-state index < -0.39 is 5.82 Å². The second kappa shape index (κ2) is 7.21. The minimum atomic E-state index is -0.422. The van der Waals surface area contributed by atoms with Crippen molar-refractivity contribution in [2.24, 2.45) is 0 Å². The van der Waals surface area contributed by atoms with Crippen LogP contribution in [0.25, 0.3) is 16.4 Å². The van der Waals surface area contributed by atoms with Gasteiger partial charge in [0.1, 0.15) is 17.3 Å². The first kappa shape index (κ1) is 19.1. The zero-order valence-electron chi connectivity index (χ0n) is 17.8. The molecule has 0 radical (unpaired) electrons. The molecular formula is C23H23FN8. The van der Waals surface area contributed by atoms with Gasteiger partial charge in [0, 0.05) is 43.8 Å². The van der Waals surface area contributed by atoms with Gasteiger partial charge in [-0.1, -0.05) is 0 Å². The third-order valence-corrected chi connectivity index (χ3v) is 6.56. The molecule has 162 valence electrons. The summed E-state index contributed by atoms with van der Waals surface area (Å²) in [5, 5.41) is 22.9. The fourth-order valence-electron chi connectivity index (χ4n) is 5.00. The largest absolute Gasteiger partial charge is 0.369 e. The van der Waals surface area contributed by atoms with E-state index in [1.165, 1.54) is 16.4 Å². The maximum absolute atomic E-state index is 14.6. The maximum Gasteiger partial charge on any atom is 0.171 e. The minimum Gasteiger partial charge on any atom is -0.369 e. The number of pyridine rings is 1. The number of piperazine rings is 1. The number of benzene rings is 1. The van der Waals surface area contributed by atoms with Gasteiger partial charge in [-0.15, -0.1) is 0 Å². The Morgan fingerprint density at radius 1 is 1.16 bits per heavy atom. The van der Waals surface area contributed by atoms with Gasteiger partial charge in [0.05, 0.1) is 35.7 Å². The average molecular weight is 430 g/mol. The Bertz CT molecular complexity index is 1370. The van der Waals surface area contributed by atoms with Gasteiger partial charge >= 0.3 is 0 Å². The summed E-state index contributed by atoms with van der Waals surface area (Å²) < 4.78 is 18.1. The number of nitrogens with one attached hydrogen (secondary N) is 1. The molecule has 0 amide bonds. The van der Waals surface area contributed by atoms with Gasteiger partial charge in [0.25, 0.3) is 0 Å². The minimum absolute atomic E-state index is 0.121. The summed E-state index contributed by atoms with van der Waals surface area (Å²) in [6.07, 6.45) is 1.17. The second-order valence-corrected chi connectivity index (χ2v) is 8.53. The SMILES string of the molecule is C[C@@H]1CN(c2ccc(C#N)n3ncc(F)c23)Cc2c3ccc(N4CCNCC4)cc3nn21. The smallest absolute Gasteiger partial charge is 0.171 e. The van der Waals surface area contributed by atoms with E-state index in [1.54, 1.807) is 6.07 Å². The van der Waals surface area contributed by atoms with Crippen molar-refractivity contribution in [3.63, 3.8) is 0 Å². The summed E-state index contributed by atoms with van der Waals surface area (Å²) in [7, 11) is 0. The van der Waals surface area contributed by atoms with Gasteiger partial charge in [-0.25, -0.2) is 8.91 Å². The molecule has 8 nitrogen and oxygen atoms in total. The van der Waals surface area contributed by atoms with Gasteiger partial charge in [0.2, 0.25) is 0 Å². The lowest BCUT2D eigenvalue weighted by atomic mass is 10.1. The van der Waals surface area contributed by atoms with E-state index in [4.69, 9.17) is 5.10 Å². The summed E-state index contributed by atoms with van der Waals surface area (Å²) >= 11 is 0. The van der Waals surface area contributed by atoms with E-state index >= 15 is 0 Å². The molecule has 5 heterocycles. The molecular weight excluding hydrogens is 407 g/mol. The summed E-state index contributed by atoms with van der Waals surface area (Å²) in [6, 6.07) is 12.2. The van der Waals surface area contributed by atoms with Gasteiger partial charge in [-0.05, 0) is 37.3 Å². The van der Waals surface area contributed by atoms with E-state index in [0.29, 0.717) is 24.3 Å². The highest BCUT2D eigenvalue weighted by molar-refractivity contribution is 5.86. The van der Waals surface area contributed by atoms with Crippen LogP contribution in [0, 0.1) is 17.1 Å². The molecule has 0 unspecified atom stereocenters. The highest BCUT2D eigenvalue weighted by Crippen LogP contribution is 2.35. The van der Waals surface area contributed by atoms with E-state index in [-0.39, 0.29) is 6.04 Å². The predicted octanol–water partition coefficient (Wildman–Crippen LogP) is 2.69. The summed E-state index contributed by atoms with van der Waals surface area (Å²) in [6.45, 7) is 7.41. The van der Waals surface area contributed by atoms with Crippen LogP contribution in [0.4, 0.5) is 15.8 Å². The monoisotopic (exact) mass is 430 g/mol. The van der Waals surface area contributed by atoms with E-state index in [0.717, 1.165) is 48.5 Å². The van der Waals surface area contributed by atoms with Crippen LogP contribution < -0.4 is 15.1 Å². The second-order valence-electron chi connectivity index (χ2n) is 8.53. The number of rotatable bonds is 2. The fourth-order valence-corrected chi connectivity index (χ4v) is 5.00. The fraction of sp³-hybridized carbons (Fsp3) is 0.348. The predicted molar refractivity (Wildman–Crippen MR) is 120 cm³/mol. The third kappa shape index (κ3) is 2.83. The quantitative estimate of drug-likeness (QED) is 0.527. The maximum atomic E-state index is 14.6. The van der Waals surface area contributed by atoms with Crippen molar-refractivity contribution in [2.75, 3.05) is 42.5 Å². The number of hydrogen-bond donors (Lipinski definition) is 1. The number of halogens is 1. The zero-order chi connectivity index (χ0) is 21.8. The lowest BCUT2D eigenvalue weighted by Gasteiger charge is -2.34. The van der Waals surface area contributed by atoms with Crippen LogP contribution in [0.2, 0.25) is 0 Å². The van der Waals surface area contributed by atoms with E-state index in [9.17, 15) is 9.65 Å². The first-order chi connectivity index (χ1) is 15.6. The van der Waals surface area contributed by atoms with Crippen LogP contribution in [-0.4, -0.2) is 52.1 Å². The Morgan fingerprint density at radius 3 is 2.81 bits per heavy atom. The first-order valence-corrected chi connectivity index (χ1v) is 10.9. The third-order valence-electron chi connectivity index (χ3n) is 6.56. The number of nitrogens with zero attached hydrogens (tertiary/aromatic N) is 7. The van der Waals surface area contributed by atoms with Gasteiger partial charge in [-0.2, -0.15) is 15.5 Å². The molecule has 0 saturated carbocycles. The molecule has 2 aliphatic heterocycles. The lowest BCUT2D eigenvalue weighted by Crippen LogP contribution is -2.43. The average Bonchev–Trinajstić information content (AvgIpc) is 3.40. The van der Waals surface area contributed by atoms with Crippen LogP contribution in [0.1, 0.15) is 24.4 Å². The topological polar surface area (TPSA) is 77.4 Å². The number of fused-ring (bicyclic) bond motifs is 4. The van der Waals surface area contributed by atoms with Crippen LogP contribution in [0.3, 0.4) is 0 Å². The van der Waals surface area contributed by atoms with Crippen molar-refractivity contribution in [3.05, 3.63) is 53.7 Å². The van der Waals surface area contributed by atoms with E-state index in [2.05, 4.69) is 56.1 Å². The van der Waals surface area contributed by atoms with Crippen molar-refractivity contribution in [1.82, 2.24) is 24.7 Å². The molecule has 4 aromatic rings. The first-order valence-electron chi connectivity index (χ1n) is 10.9. The number of anilines is 2. The summed E-state index contributed by atoms with van der Waals surface area (Å²) in [5.74, 6) is -0.422. The van der Waals surface area contributed by atoms with Crippen molar-refractivity contribution in [1.29, 1.82) is 5.26 Å². The van der Waals surface area contributed by atoms with Crippen LogP contribution in [-0.2, 0) is 6.54 Å². The van der Waals surface area contributed by atoms with Gasteiger partial charge in [-0.3, -0.25) is 4.68 Å². The molecule has 1 fully saturated rings. The Labute approximate surface area is 184 Å². The van der Waals surface area contributed by atoms with Crippen LogP contribution >= 0.6 is 0 Å². The lowest BCUT2D eigenvalue weighted by molar-refractivity contribution is 0.430. The molecule has 9 heteroatoms. The van der Waals surface area contributed by atoms with Crippen molar-refractivity contribution in [2.45, 2.75) is 19.5 Å². The molecule has 0 aliphatic carbocycles. The van der Waals surface area contributed by atoms with Crippen LogP contribution in [0.5, 0.6) is 0 Å². The van der Waals surface area contributed by atoms with Crippen LogP contribution in [0.15, 0.2) is 36.5 Å². The molecule has 32 heavy (non-hydrogen) atoms. The van der Waals surface area contributed by atoms with Gasteiger partial charge < -0.3 is 15.1 Å². The Hall–Kier alpha value is -3.64. The zero-order valence-corrected chi connectivity index (χ0v) is 17.8. The summed E-state index contributed by atoms with van der Waals surface area (Å²) in [5.41, 5.74) is 4.71. The normalized spacial score (nSPS) is 18.8. The molecule has 1 saturated heterocycles. The van der Waals surface area contributed by atoms with Crippen molar-refractivity contribution in [3.8, 4) is 6.07 Å². The molecule has 2 aliphatic rings. The molecule has 1 atom stereocenters. The highest BCUT2D eigenvalue weighted by atomic mass is 19.1. The molecule has 0 spiro atoms. The Kier molecular flexibility index (Phi) is 4.30. The summed E-state index contributed by atoms with van der Waals surface area (Å²) in [4.78, 5) is 4.55. The van der Waals surface area contributed by atoms with Crippen molar-refractivity contribution < 1.29 is 4.39 Å². The number of nitriles is 1. The molecule has 1 N–H and O–H groups in total. The Morgan fingerprint density at radius 2 is 2.00 bits per heavy atom.